The fourth-order valence-electron chi connectivity index (χ4n) is 3.07. The molecule has 2 rings (SSSR count). The van der Waals surface area contributed by atoms with Gasteiger partial charge in [0.15, 0.2) is 0 Å². The van der Waals surface area contributed by atoms with Gasteiger partial charge in [-0.15, -0.1) is 11.6 Å². The molecule has 0 spiro atoms. The molecule has 1 aliphatic carbocycles. The van der Waals surface area contributed by atoms with E-state index in [4.69, 9.17) is 23.2 Å². The highest BCUT2D eigenvalue weighted by Crippen LogP contribution is 2.35. The lowest BCUT2D eigenvalue weighted by atomic mass is 9.88. The maximum absolute atomic E-state index is 6.41. The van der Waals surface area contributed by atoms with Crippen LogP contribution >= 0.6 is 23.2 Å². The highest BCUT2D eigenvalue weighted by atomic mass is 35.5. The lowest BCUT2D eigenvalue weighted by molar-refractivity contribution is 0.362. The van der Waals surface area contributed by atoms with Gasteiger partial charge in [-0.05, 0) is 24.7 Å². The summed E-state index contributed by atoms with van der Waals surface area (Å²) in [6.45, 7) is 2.09. The molecule has 0 N–H and O–H groups in total. The Morgan fingerprint density at radius 1 is 1.39 bits per heavy atom. The topological polar surface area (TPSA) is 17.8 Å². The lowest BCUT2D eigenvalue weighted by Crippen LogP contribution is -2.18. The minimum Gasteiger partial charge on any atom is -0.271 e. The molecule has 0 bridgehead atoms. The fourth-order valence-corrected chi connectivity index (χ4v) is 3.80. The molecule has 0 saturated heterocycles. The van der Waals surface area contributed by atoms with Crippen LogP contribution < -0.4 is 0 Å². The highest BCUT2D eigenvalue weighted by molar-refractivity contribution is 6.31. The van der Waals surface area contributed by atoms with Crippen molar-refractivity contribution >= 4 is 23.2 Å². The van der Waals surface area contributed by atoms with Crippen LogP contribution in [0.4, 0.5) is 0 Å². The van der Waals surface area contributed by atoms with Crippen molar-refractivity contribution in [3.63, 3.8) is 0 Å². The summed E-state index contributed by atoms with van der Waals surface area (Å²) in [5, 5.41) is 5.34. The van der Waals surface area contributed by atoms with Gasteiger partial charge in [0, 0.05) is 12.9 Å². The van der Waals surface area contributed by atoms with E-state index in [1.165, 1.54) is 25.7 Å². The molecule has 4 heteroatoms. The molecular weight excluding hydrogens is 267 g/mol. The summed E-state index contributed by atoms with van der Waals surface area (Å²) in [7, 11) is 1.99. The van der Waals surface area contributed by atoms with Crippen molar-refractivity contribution in [3.8, 4) is 0 Å². The Morgan fingerprint density at radius 2 is 2.06 bits per heavy atom. The van der Waals surface area contributed by atoms with Crippen LogP contribution in [-0.4, -0.2) is 15.7 Å². The third kappa shape index (κ3) is 2.85. The van der Waals surface area contributed by atoms with Gasteiger partial charge in [-0.2, -0.15) is 5.10 Å². The normalized spacial score (nSPS) is 18.4. The Hall–Kier alpha value is -0.210. The lowest BCUT2D eigenvalue weighted by Gasteiger charge is -2.21. The number of aromatic nitrogens is 2. The number of halogens is 2. The Kier molecular flexibility index (Phi) is 4.97. The predicted octanol–water partition coefficient (Wildman–Crippen LogP) is 4.22. The van der Waals surface area contributed by atoms with E-state index in [0.29, 0.717) is 5.92 Å². The molecule has 1 aliphatic rings. The maximum Gasteiger partial charge on any atom is 0.0849 e. The molecule has 1 heterocycles. The first-order valence-corrected chi connectivity index (χ1v) is 7.84. The molecule has 0 aromatic carbocycles. The third-order valence-corrected chi connectivity index (χ3v) is 5.06. The molecule has 2 nitrogen and oxygen atoms in total. The second-order valence-corrected chi connectivity index (χ2v) is 6.03. The van der Waals surface area contributed by atoms with E-state index in [-0.39, 0.29) is 0 Å². The minimum absolute atomic E-state index is 0.548. The third-order valence-electron chi connectivity index (χ3n) is 4.22. The summed E-state index contributed by atoms with van der Waals surface area (Å²) < 4.78 is 1.94. The first kappa shape index (κ1) is 14.2. The smallest absolute Gasteiger partial charge is 0.0849 e. The predicted molar refractivity (Wildman–Crippen MR) is 77.5 cm³/mol. The van der Waals surface area contributed by atoms with Crippen LogP contribution in [0.25, 0.3) is 0 Å². The second-order valence-electron chi connectivity index (χ2n) is 5.35. The molecule has 1 atom stereocenters. The summed E-state index contributed by atoms with van der Waals surface area (Å²) in [5.41, 5.74) is 2.17. The zero-order chi connectivity index (χ0) is 13.1. The van der Waals surface area contributed by atoms with Gasteiger partial charge >= 0.3 is 0 Å². The quantitative estimate of drug-likeness (QED) is 0.742. The molecule has 102 valence electrons. The van der Waals surface area contributed by atoms with E-state index in [1.807, 2.05) is 11.7 Å². The van der Waals surface area contributed by atoms with Crippen LogP contribution in [-0.2, 0) is 19.9 Å². The van der Waals surface area contributed by atoms with Crippen molar-refractivity contribution in [1.82, 2.24) is 9.78 Å². The first-order chi connectivity index (χ1) is 8.67. The zero-order valence-electron chi connectivity index (χ0n) is 11.3. The van der Waals surface area contributed by atoms with Gasteiger partial charge < -0.3 is 0 Å². The molecule has 1 unspecified atom stereocenters. The van der Waals surface area contributed by atoms with Gasteiger partial charge in [0.2, 0.25) is 0 Å². The number of hydrogen-bond donors (Lipinski definition) is 0. The molecule has 1 fully saturated rings. The molecule has 0 amide bonds. The second kappa shape index (κ2) is 6.29. The van der Waals surface area contributed by atoms with Crippen molar-refractivity contribution < 1.29 is 0 Å². The van der Waals surface area contributed by atoms with Crippen LogP contribution in [0, 0.1) is 11.8 Å². The van der Waals surface area contributed by atoms with E-state index < -0.39 is 0 Å². The van der Waals surface area contributed by atoms with Crippen molar-refractivity contribution in [1.29, 1.82) is 0 Å². The van der Waals surface area contributed by atoms with Crippen LogP contribution in [0.3, 0.4) is 0 Å². The van der Waals surface area contributed by atoms with E-state index in [9.17, 15) is 0 Å². The van der Waals surface area contributed by atoms with Crippen molar-refractivity contribution in [2.45, 2.75) is 45.4 Å². The van der Waals surface area contributed by atoms with Gasteiger partial charge in [0.05, 0.1) is 16.4 Å². The van der Waals surface area contributed by atoms with Gasteiger partial charge in [0.25, 0.3) is 0 Å². The van der Waals surface area contributed by atoms with E-state index in [0.717, 1.165) is 41.1 Å². The molecule has 1 saturated carbocycles. The van der Waals surface area contributed by atoms with Crippen LogP contribution in [0.15, 0.2) is 0 Å². The first-order valence-electron chi connectivity index (χ1n) is 6.93. The van der Waals surface area contributed by atoms with Crippen molar-refractivity contribution in [2.75, 3.05) is 5.88 Å². The number of rotatable bonds is 5. The number of hydrogen-bond acceptors (Lipinski definition) is 1. The summed E-state index contributed by atoms with van der Waals surface area (Å²) in [5.74, 6) is 2.05. The van der Waals surface area contributed by atoms with Crippen LogP contribution in [0.1, 0.15) is 44.0 Å². The Balaban J connectivity index is 2.13. The molecule has 0 aliphatic heterocycles. The van der Waals surface area contributed by atoms with Crippen LogP contribution in [0.2, 0.25) is 5.02 Å². The van der Waals surface area contributed by atoms with Gasteiger partial charge in [-0.3, -0.25) is 4.68 Å². The highest BCUT2D eigenvalue weighted by Gasteiger charge is 2.26. The fraction of sp³-hybridized carbons (Fsp3) is 0.786. The summed E-state index contributed by atoms with van der Waals surface area (Å²) in [6.07, 6.45) is 7.23. The number of nitrogens with zero attached hydrogens (tertiary/aromatic N) is 2. The summed E-state index contributed by atoms with van der Waals surface area (Å²) in [6, 6.07) is 0. The van der Waals surface area contributed by atoms with Gasteiger partial charge in [-0.25, -0.2) is 0 Å². The average molecular weight is 289 g/mol. The Bertz CT molecular complexity index is 395. The Labute approximate surface area is 120 Å². The van der Waals surface area contributed by atoms with Gasteiger partial charge in [0.1, 0.15) is 0 Å². The van der Waals surface area contributed by atoms with E-state index >= 15 is 0 Å². The van der Waals surface area contributed by atoms with Crippen LogP contribution in [0.5, 0.6) is 0 Å². The Morgan fingerprint density at radius 3 is 2.56 bits per heavy atom. The molecule has 0 radical (unpaired) electrons. The van der Waals surface area contributed by atoms with Crippen molar-refractivity contribution in [3.05, 3.63) is 16.4 Å². The standard InChI is InChI=1S/C14H22Cl2N2/c1-3-12-14(16)13(18(2)17-12)8-11(9-15)10-6-4-5-7-10/h10-11H,3-9H2,1-2H3. The minimum atomic E-state index is 0.548. The molecule has 18 heavy (non-hydrogen) atoms. The summed E-state index contributed by atoms with van der Waals surface area (Å²) >= 11 is 12.6. The van der Waals surface area contributed by atoms with E-state index in [1.54, 1.807) is 0 Å². The largest absolute Gasteiger partial charge is 0.271 e. The molecular formula is C14H22Cl2N2. The SMILES string of the molecule is CCc1nn(C)c(CC(CCl)C2CCCC2)c1Cl. The van der Waals surface area contributed by atoms with Gasteiger partial charge in [-0.1, -0.05) is 44.2 Å². The monoisotopic (exact) mass is 288 g/mol. The zero-order valence-corrected chi connectivity index (χ0v) is 12.8. The summed E-state index contributed by atoms with van der Waals surface area (Å²) in [4.78, 5) is 0. The number of aryl methyl sites for hydroxylation is 2. The molecule has 1 aromatic heterocycles. The van der Waals surface area contributed by atoms with E-state index in [2.05, 4.69) is 12.0 Å². The average Bonchev–Trinajstić information content (AvgIpc) is 2.97. The number of alkyl halides is 1. The maximum atomic E-state index is 6.41. The van der Waals surface area contributed by atoms with Crippen molar-refractivity contribution in [2.24, 2.45) is 18.9 Å². The molecule has 1 aromatic rings.